The first-order valence-electron chi connectivity index (χ1n) is 5.63. The number of nitrogens with zero attached hydrogens (tertiary/aromatic N) is 1. The first-order chi connectivity index (χ1) is 7.70. The van der Waals surface area contributed by atoms with Gasteiger partial charge in [-0.2, -0.15) is 5.26 Å². The predicted molar refractivity (Wildman–Crippen MR) is 65.9 cm³/mol. The summed E-state index contributed by atoms with van der Waals surface area (Å²) in [6.45, 7) is 0. The molecule has 3 aliphatic rings. The van der Waals surface area contributed by atoms with Crippen molar-refractivity contribution in [1.29, 1.82) is 5.26 Å². The molecular formula is C13H14BrNO. The Balaban J connectivity index is 0.000000123. The lowest BCUT2D eigenvalue weighted by molar-refractivity contribution is -0.116. The average molecular weight is 280 g/mol. The van der Waals surface area contributed by atoms with Crippen molar-refractivity contribution in [1.82, 2.24) is 0 Å². The van der Waals surface area contributed by atoms with Crippen LogP contribution in [-0.2, 0) is 4.79 Å². The van der Waals surface area contributed by atoms with Crippen molar-refractivity contribution in [2.24, 2.45) is 17.8 Å². The van der Waals surface area contributed by atoms with Gasteiger partial charge in [0.1, 0.15) is 5.78 Å². The van der Waals surface area contributed by atoms with Crippen LogP contribution in [0.5, 0.6) is 0 Å². The minimum Gasteiger partial charge on any atom is -0.298 e. The highest BCUT2D eigenvalue weighted by Crippen LogP contribution is 2.31. The molecule has 2 bridgehead atoms. The minimum absolute atomic E-state index is 0.0856. The predicted octanol–water partition coefficient (Wildman–Crippen LogP) is 3.00. The highest BCUT2D eigenvalue weighted by molar-refractivity contribution is 9.10. The Hall–Kier alpha value is -0.880. The molecule has 0 radical (unpaired) electrons. The zero-order valence-electron chi connectivity index (χ0n) is 8.97. The van der Waals surface area contributed by atoms with Crippen LogP contribution in [0.25, 0.3) is 0 Å². The number of fused-ring (bicyclic) bond motifs is 2. The van der Waals surface area contributed by atoms with E-state index in [1.165, 1.54) is 6.42 Å². The fourth-order valence-corrected chi connectivity index (χ4v) is 2.88. The van der Waals surface area contributed by atoms with Crippen molar-refractivity contribution < 1.29 is 4.79 Å². The molecule has 3 rings (SSSR count). The summed E-state index contributed by atoms with van der Waals surface area (Å²) in [7, 11) is 0. The zero-order chi connectivity index (χ0) is 11.5. The van der Waals surface area contributed by atoms with Crippen LogP contribution in [0.2, 0.25) is 0 Å². The highest BCUT2D eigenvalue weighted by atomic mass is 79.9. The monoisotopic (exact) mass is 279 g/mol. The summed E-state index contributed by atoms with van der Waals surface area (Å²) in [5, 5.41) is 8.42. The van der Waals surface area contributed by atoms with Crippen LogP contribution in [0.4, 0.5) is 0 Å². The third kappa shape index (κ3) is 2.44. The van der Waals surface area contributed by atoms with Gasteiger partial charge in [0, 0.05) is 6.42 Å². The molecule has 0 aliphatic heterocycles. The normalized spacial score (nSPS) is 38.4. The van der Waals surface area contributed by atoms with Gasteiger partial charge in [0.25, 0.3) is 0 Å². The molecular weight excluding hydrogens is 266 g/mol. The number of carbonyl (C=O) groups excluding carboxylic acids is 1. The molecule has 0 aromatic rings. The second-order valence-corrected chi connectivity index (χ2v) is 5.46. The summed E-state index contributed by atoms with van der Waals surface area (Å²) in [6.07, 6.45) is 11.8. The second-order valence-electron chi connectivity index (χ2n) is 4.48. The maximum absolute atomic E-state index is 10.7. The van der Waals surface area contributed by atoms with Gasteiger partial charge in [-0.05, 0) is 24.7 Å². The smallest absolute Gasteiger partial charge is 0.147 e. The number of ketones is 1. The van der Waals surface area contributed by atoms with Crippen molar-refractivity contribution in [3.05, 3.63) is 24.3 Å². The molecule has 1 fully saturated rings. The van der Waals surface area contributed by atoms with Crippen LogP contribution in [0.3, 0.4) is 0 Å². The number of carbonyl (C=O) groups is 1. The number of hydrogen-bond donors (Lipinski definition) is 0. The Morgan fingerprint density at radius 2 is 1.81 bits per heavy atom. The molecule has 0 heterocycles. The van der Waals surface area contributed by atoms with E-state index in [4.69, 9.17) is 5.26 Å². The molecule has 0 N–H and O–H groups in total. The molecule has 0 saturated heterocycles. The standard InChI is InChI=1S/C7H8.C6H6BrNO/c1-2-7-4-3-6(1)5-7;7-6-4(3-8)1-2-5(6)9/h1-4,6-7H,5H2;4,6H,1-2H2. The lowest BCUT2D eigenvalue weighted by atomic mass is 10.1. The maximum Gasteiger partial charge on any atom is 0.147 e. The topological polar surface area (TPSA) is 40.9 Å². The summed E-state index contributed by atoms with van der Waals surface area (Å²) < 4.78 is 0. The van der Waals surface area contributed by atoms with Gasteiger partial charge in [0.15, 0.2) is 0 Å². The Bertz CT molecular complexity index is 352. The molecule has 3 aliphatic carbocycles. The zero-order valence-corrected chi connectivity index (χ0v) is 10.6. The molecule has 1 saturated carbocycles. The number of hydrogen-bond acceptors (Lipinski definition) is 2. The number of alkyl halides is 1. The second kappa shape index (κ2) is 4.97. The molecule has 84 valence electrons. The van der Waals surface area contributed by atoms with Gasteiger partial charge >= 0.3 is 0 Å². The van der Waals surface area contributed by atoms with Gasteiger partial charge < -0.3 is 0 Å². The first kappa shape index (κ1) is 11.6. The largest absolute Gasteiger partial charge is 0.298 e. The Morgan fingerprint density at radius 3 is 2.00 bits per heavy atom. The summed E-state index contributed by atoms with van der Waals surface area (Å²) in [4.78, 5) is 10.6. The van der Waals surface area contributed by atoms with Crippen molar-refractivity contribution in [2.75, 3.05) is 0 Å². The minimum atomic E-state index is -0.192. The van der Waals surface area contributed by atoms with E-state index >= 15 is 0 Å². The van der Waals surface area contributed by atoms with Gasteiger partial charge in [-0.1, -0.05) is 40.2 Å². The molecule has 3 heteroatoms. The number of allylic oxidation sites excluding steroid dienone is 4. The van der Waals surface area contributed by atoms with E-state index in [9.17, 15) is 4.79 Å². The molecule has 0 aromatic carbocycles. The van der Waals surface area contributed by atoms with E-state index in [0.717, 1.165) is 18.3 Å². The van der Waals surface area contributed by atoms with Crippen molar-refractivity contribution >= 4 is 21.7 Å². The summed E-state index contributed by atoms with van der Waals surface area (Å²) in [6, 6.07) is 2.08. The lowest BCUT2D eigenvalue weighted by Crippen LogP contribution is -2.11. The van der Waals surface area contributed by atoms with Crippen molar-refractivity contribution in [3.63, 3.8) is 0 Å². The lowest BCUT2D eigenvalue weighted by Gasteiger charge is -1.98. The van der Waals surface area contributed by atoms with Gasteiger partial charge in [0.2, 0.25) is 0 Å². The van der Waals surface area contributed by atoms with E-state index in [1.54, 1.807) is 0 Å². The Labute approximate surface area is 104 Å². The number of halogens is 1. The Kier molecular flexibility index (Phi) is 3.60. The van der Waals surface area contributed by atoms with E-state index in [2.05, 4.69) is 46.3 Å². The van der Waals surface area contributed by atoms with Crippen molar-refractivity contribution in [3.8, 4) is 6.07 Å². The van der Waals surface area contributed by atoms with Crippen molar-refractivity contribution in [2.45, 2.75) is 24.1 Å². The van der Waals surface area contributed by atoms with Gasteiger partial charge in [-0.15, -0.1) is 0 Å². The van der Waals surface area contributed by atoms with Gasteiger partial charge in [-0.3, -0.25) is 4.79 Å². The molecule has 2 atom stereocenters. The summed E-state index contributed by atoms with van der Waals surface area (Å²) in [5.41, 5.74) is 0. The fraction of sp³-hybridized carbons (Fsp3) is 0.538. The van der Waals surface area contributed by atoms with Gasteiger partial charge in [-0.25, -0.2) is 0 Å². The van der Waals surface area contributed by atoms with Crippen LogP contribution in [0.15, 0.2) is 24.3 Å². The quantitative estimate of drug-likeness (QED) is 0.505. The maximum atomic E-state index is 10.7. The first-order valence-corrected chi connectivity index (χ1v) is 6.55. The summed E-state index contributed by atoms with van der Waals surface area (Å²) in [5.74, 6) is 1.70. The Morgan fingerprint density at radius 1 is 1.25 bits per heavy atom. The third-order valence-electron chi connectivity index (χ3n) is 3.28. The van der Waals surface area contributed by atoms with Crippen LogP contribution in [-0.4, -0.2) is 10.6 Å². The highest BCUT2D eigenvalue weighted by Gasteiger charge is 2.32. The number of rotatable bonds is 0. The molecule has 2 nitrogen and oxygen atoms in total. The molecule has 0 aromatic heterocycles. The third-order valence-corrected chi connectivity index (χ3v) is 4.43. The van der Waals surface area contributed by atoms with Crippen LogP contribution < -0.4 is 0 Å². The number of nitriles is 1. The SMILES string of the molecule is C1=CC2C=CC1C2.N#CC1CCC(=O)C1Br. The van der Waals surface area contributed by atoms with E-state index < -0.39 is 0 Å². The molecule has 0 spiro atoms. The number of Topliss-reactive ketones (excluding diaryl/α,β-unsaturated/α-hetero) is 1. The van der Waals surface area contributed by atoms with Crippen LogP contribution in [0, 0.1) is 29.1 Å². The van der Waals surface area contributed by atoms with E-state index in [1.807, 2.05) is 0 Å². The summed E-state index contributed by atoms with van der Waals surface area (Å²) >= 11 is 3.16. The van der Waals surface area contributed by atoms with Crippen LogP contribution >= 0.6 is 15.9 Å². The fourth-order valence-electron chi connectivity index (χ4n) is 2.26. The van der Waals surface area contributed by atoms with E-state index in [-0.39, 0.29) is 16.5 Å². The molecule has 2 unspecified atom stereocenters. The van der Waals surface area contributed by atoms with Gasteiger partial charge in [0.05, 0.1) is 16.8 Å². The molecule has 16 heavy (non-hydrogen) atoms. The average Bonchev–Trinajstić information content (AvgIpc) is 2.99. The van der Waals surface area contributed by atoms with Crippen LogP contribution in [0.1, 0.15) is 19.3 Å². The molecule has 0 amide bonds. The van der Waals surface area contributed by atoms with E-state index in [0.29, 0.717) is 6.42 Å².